The van der Waals surface area contributed by atoms with Crippen molar-refractivity contribution in [3.63, 3.8) is 0 Å². The van der Waals surface area contributed by atoms with E-state index in [9.17, 15) is 5.11 Å². The number of piperazine rings is 1. The Labute approximate surface area is 122 Å². The molecule has 3 rings (SSSR count). The molecular formula is C17H26N2O. The van der Waals surface area contributed by atoms with Crippen molar-refractivity contribution in [3.05, 3.63) is 35.4 Å². The lowest BCUT2D eigenvalue weighted by atomic mass is 9.78. The van der Waals surface area contributed by atoms with E-state index in [1.807, 2.05) is 6.07 Å². The number of hydrogen-bond donors (Lipinski definition) is 1. The summed E-state index contributed by atoms with van der Waals surface area (Å²) in [6.07, 6.45) is 0.729. The van der Waals surface area contributed by atoms with E-state index >= 15 is 0 Å². The van der Waals surface area contributed by atoms with Gasteiger partial charge in [-0.1, -0.05) is 31.2 Å². The zero-order valence-corrected chi connectivity index (χ0v) is 12.8. The summed E-state index contributed by atoms with van der Waals surface area (Å²) in [6, 6.07) is 9.25. The summed E-state index contributed by atoms with van der Waals surface area (Å²) in [7, 11) is 2.19. The number of benzene rings is 1. The first-order valence-electron chi connectivity index (χ1n) is 7.79. The van der Waals surface area contributed by atoms with Crippen LogP contribution in [-0.4, -0.2) is 53.7 Å². The van der Waals surface area contributed by atoms with E-state index in [2.05, 4.69) is 48.9 Å². The zero-order valence-electron chi connectivity index (χ0n) is 12.8. The van der Waals surface area contributed by atoms with Crippen molar-refractivity contribution < 1.29 is 5.11 Å². The average Bonchev–Trinajstić information content (AvgIpc) is 2.46. The van der Waals surface area contributed by atoms with Crippen LogP contribution in [0.2, 0.25) is 0 Å². The maximum atomic E-state index is 10.8. The van der Waals surface area contributed by atoms with Gasteiger partial charge in [0.25, 0.3) is 0 Å². The van der Waals surface area contributed by atoms with Crippen molar-refractivity contribution in [2.45, 2.75) is 44.4 Å². The van der Waals surface area contributed by atoms with Gasteiger partial charge in [0.15, 0.2) is 0 Å². The number of aliphatic hydroxyl groups excluding tert-OH is 1. The summed E-state index contributed by atoms with van der Waals surface area (Å²) in [5, 5.41) is 10.8. The Morgan fingerprint density at radius 1 is 1.10 bits per heavy atom. The summed E-state index contributed by atoms with van der Waals surface area (Å²) in [6.45, 7) is 7.79. The third-order valence-corrected chi connectivity index (χ3v) is 5.27. The minimum atomic E-state index is -0.335. The van der Waals surface area contributed by atoms with Crippen LogP contribution in [0.1, 0.15) is 43.4 Å². The Bertz CT molecular complexity index is 476. The van der Waals surface area contributed by atoms with Gasteiger partial charge < -0.3 is 10.0 Å². The Hall–Kier alpha value is -0.900. The lowest BCUT2D eigenvalue weighted by Crippen LogP contribution is -2.55. The highest BCUT2D eigenvalue weighted by Crippen LogP contribution is 2.39. The first kappa shape index (κ1) is 14.1. The van der Waals surface area contributed by atoms with Crippen molar-refractivity contribution in [2.75, 3.05) is 26.7 Å². The molecule has 4 unspecified atom stereocenters. The molecule has 1 aliphatic heterocycles. The number of fused-ring (bicyclic) bond motifs is 1. The fourth-order valence-electron chi connectivity index (χ4n) is 3.78. The van der Waals surface area contributed by atoms with Crippen molar-refractivity contribution in [2.24, 2.45) is 0 Å². The highest BCUT2D eigenvalue weighted by Gasteiger charge is 2.37. The van der Waals surface area contributed by atoms with Gasteiger partial charge in [0, 0.05) is 31.7 Å². The average molecular weight is 274 g/mol. The third-order valence-electron chi connectivity index (χ3n) is 5.27. The molecule has 0 saturated carbocycles. The van der Waals surface area contributed by atoms with Crippen LogP contribution in [-0.2, 0) is 0 Å². The molecule has 1 heterocycles. The van der Waals surface area contributed by atoms with E-state index in [0.29, 0.717) is 12.0 Å². The lowest BCUT2D eigenvalue weighted by Gasteiger charge is -2.46. The molecular weight excluding hydrogens is 248 g/mol. The van der Waals surface area contributed by atoms with Crippen LogP contribution in [0, 0.1) is 0 Å². The second-order valence-electron chi connectivity index (χ2n) is 6.60. The Morgan fingerprint density at radius 2 is 1.80 bits per heavy atom. The van der Waals surface area contributed by atoms with E-state index < -0.39 is 0 Å². The van der Waals surface area contributed by atoms with Crippen LogP contribution < -0.4 is 0 Å². The lowest BCUT2D eigenvalue weighted by molar-refractivity contribution is -0.00623. The summed E-state index contributed by atoms with van der Waals surface area (Å²) >= 11 is 0. The number of hydrogen-bond acceptors (Lipinski definition) is 3. The molecule has 0 amide bonds. The van der Waals surface area contributed by atoms with Gasteiger partial charge in [-0.25, -0.2) is 0 Å². The van der Waals surface area contributed by atoms with Crippen LogP contribution in [0.5, 0.6) is 0 Å². The molecule has 3 heteroatoms. The Kier molecular flexibility index (Phi) is 3.85. The SMILES string of the molecule is CC1CC(N2CCN(C)C(C)C2)C(O)c2ccccc21. The summed E-state index contributed by atoms with van der Waals surface area (Å²) in [5.74, 6) is 0.537. The predicted octanol–water partition coefficient (Wildman–Crippen LogP) is 2.23. The molecule has 110 valence electrons. The molecule has 20 heavy (non-hydrogen) atoms. The van der Waals surface area contributed by atoms with E-state index in [-0.39, 0.29) is 12.1 Å². The number of aliphatic hydroxyl groups is 1. The van der Waals surface area contributed by atoms with Crippen molar-refractivity contribution in [3.8, 4) is 0 Å². The van der Waals surface area contributed by atoms with Crippen molar-refractivity contribution >= 4 is 0 Å². The smallest absolute Gasteiger partial charge is 0.0948 e. The highest BCUT2D eigenvalue weighted by atomic mass is 16.3. The number of rotatable bonds is 1. The molecule has 1 aromatic rings. The van der Waals surface area contributed by atoms with Crippen molar-refractivity contribution in [1.82, 2.24) is 9.80 Å². The van der Waals surface area contributed by atoms with Gasteiger partial charge in [-0.05, 0) is 37.4 Å². The minimum absolute atomic E-state index is 0.274. The molecule has 1 saturated heterocycles. The second kappa shape index (κ2) is 5.47. The number of nitrogens with zero attached hydrogens (tertiary/aromatic N) is 2. The van der Waals surface area contributed by atoms with Gasteiger partial charge in [-0.2, -0.15) is 0 Å². The minimum Gasteiger partial charge on any atom is -0.387 e. The molecule has 1 fully saturated rings. The quantitative estimate of drug-likeness (QED) is 0.851. The van der Waals surface area contributed by atoms with E-state index in [0.717, 1.165) is 31.6 Å². The molecule has 2 aliphatic rings. The van der Waals surface area contributed by atoms with Gasteiger partial charge in [0.2, 0.25) is 0 Å². The van der Waals surface area contributed by atoms with Gasteiger partial charge in [0.05, 0.1) is 6.10 Å². The van der Waals surface area contributed by atoms with Crippen LogP contribution >= 0.6 is 0 Å². The molecule has 0 radical (unpaired) electrons. The normalized spacial score (nSPS) is 35.8. The topological polar surface area (TPSA) is 26.7 Å². The van der Waals surface area contributed by atoms with Gasteiger partial charge in [-0.15, -0.1) is 0 Å². The predicted molar refractivity (Wildman–Crippen MR) is 81.9 cm³/mol. The van der Waals surface area contributed by atoms with Crippen molar-refractivity contribution in [1.29, 1.82) is 0 Å². The second-order valence-corrected chi connectivity index (χ2v) is 6.60. The van der Waals surface area contributed by atoms with Crippen LogP contribution in [0.25, 0.3) is 0 Å². The van der Waals surface area contributed by atoms with Gasteiger partial charge in [-0.3, -0.25) is 4.90 Å². The van der Waals surface area contributed by atoms with Crippen LogP contribution in [0.4, 0.5) is 0 Å². The van der Waals surface area contributed by atoms with E-state index in [4.69, 9.17) is 0 Å². The fourth-order valence-corrected chi connectivity index (χ4v) is 3.78. The van der Waals surface area contributed by atoms with E-state index in [1.165, 1.54) is 5.56 Å². The van der Waals surface area contributed by atoms with Gasteiger partial charge >= 0.3 is 0 Å². The Morgan fingerprint density at radius 3 is 2.50 bits per heavy atom. The molecule has 0 bridgehead atoms. The summed E-state index contributed by atoms with van der Waals surface area (Å²) in [4.78, 5) is 4.91. The Balaban J connectivity index is 1.82. The number of likely N-dealkylation sites (N-methyl/N-ethyl adjacent to an activating group) is 1. The molecule has 0 spiro atoms. The fraction of sp³-hybridized carbons (Fsp3) is 0.647. The standard InChI is InChI=1S/C17H26N2O/c1-12-10-16(19-9-8-18(3)13(2)11-19)17(20)15-7-5-4-6-14(12)15/h4-7,12-13,16-17,20H,8-11H2,1-3H3. The molecule has 0 aromatic heterocycles. The monoisotopic (exact) mass is 274 g/mol. The maximum Gasteiger partial charge on any atom is 0.0948 e. The van der Waals surface area contributed by atoms with Crippen LogP contribution in [0.3, 0.4) is 0 Å². The zero-order chi connectivity index (χ0) is 14.3. The van der Waals surface area contributed by atoms with Crippen LogP contribution in [0.15, 0.2) is 24.3 Å². The third kappa shape index (κ3) is 2.39. The van der Waals surface area contributed by atoms with E-state index in [1.54, 1.807) is 0 Å². The summed E-state index contributed by atoms with van der Waals surface area (Å²) in [5.41, 5.74) is 2.47. The largest absolute Gasteiger partial charge is 0.387 e. The molecule has 1 N–H and O–H groups in total. The summed E-state index contributed by atoms with van der Waals surface area (Å²) < 4.78 is 0. The first-order valence-corrected chi connectivity index (χ1v) is 7.79. The molecule has 3 nitrogen and oxygen atoms in total. The highest BCUT2D eigenvalue weighted by molar-refractivity contribution is 5.35. The molecule has 1 aromatic carbocycles. The maximum absolute atomic E-state index is 10.8. The molecule has 4 atom stereocenters. The molecule has 1 aliphatic carbocycles. The first-order chi connectivity index (χ1) is 9.58. The van der Waals surface area contributed by atoms with Gasteiger partial charge in [0.1, 0.15) is 0 Å².